The Morgan fingerprint density at radius 1 is 1.47 bits per heavy atom. The molecule has 1 aliphatic heterocycles. The molecule has 1 saturated carbocycles. The minimum atomic E-state index is 0.237. The van der Waals surface area contributed by atoms with Gasteiger partial charge in [-0.3, -0.25) is 0 Å². The third-order valence-electron chi connectivity index (χ3n) is 4.43. The van der Waals surface area contributed by atoms with Crippen molar-refractivity contribution >= 4 is 0 Å². The van der Waals surface area contributed by atoms with Gasteiger partial charge in [0.1, 0.15) is 0 Å². The summed E-state index contributed by atoms with van der Waals surface area (Å²) in [6, 6.07) is 0.344. The average molecular weight is 241 g/mol. The molecule has 2 atom stereocenters. The van der Waals surface area contributed by atoms with E-state index in [4.69, 9.17) is 15.2 Å². The second kappa shape index (κ2) is 6.17. The van der Waals surface area contributed by atoms with Crippen molar-refractivity contribution in [2.75, 3.05) is 19.8 Å². The van der Waals surface area contributed by atoms with Crippen LogP contribution in [-0.2, 0) is 9.47 Å². The summed E-state index contributed by atoms with van der Waals surface area (Å²) in [7, 11) is 0. The van der Waals surface area contributed by atoms with Crippen molar-refractivity contribution < 1.29 is 9.47 Å². The summed E-state index contributed by atoms with van der Waals surface area (Å²) in [4.78, 5) is 0. The van der Waals surface area contributed by atoms with Gasteiger partial charge in [-0.15, -0.1) is 0 Å². The van der Waals surface area contributed by atoms with Gasteiger partial charge in [-0.05, 0) is 57.8 Å². The van der Waals surface area contributed by atoms with E-state index in [2.05, 4.69) is 0 Å². The van der Waals surface area contributed by atoms with Crippen molar-refractivity contribution in [2.24, 2.45) is 11.7 Å². The zero-order valence-corrected chi connectivity index (χ0v) is 11.1. The van der Waals surface area contributed by atoms with E-state index < -0.39 is 0 Å². The molecule has 2 fully saturated rings. The van der Waals surface area contributed by atoms with E-state index >= 15 is 0 Å². The molecular formula is C14H27NO2. The van der Waals surface area contributed by atoms with Gasteiger partial charge in [-0.1, -0.05) is 0 Å². The summed E-state index contributed by atoms with van der Waals surface area (Å²) in [5.74, 6) is 0.672. The largest absolute Gasteiger partial charge is 0.382 e. The highest BCUT2D eigenvalue weighted by Gasteiger charge is 2.43. The van der Waals surface area contributed by atoms with Crippen LogP contribution < -0.4 is 5.73 Å². The van der Waals surface area contributed by atoms with Crippen molar-refractivity contribution in [3.8, 4) is 0 Å². The summed E-state index contributed by atoms with van der Waals surface area (Å²) in [6.45, 7) is 4.64. The highest BCUT2D eigenvalue weighted by molar-refractivity contribution is 4.96. The number of rotatable bonds is 6. The van der Waals surface area contributed by atoms with E-state index in [1.165, 1.54) is 25.7 Å². The lowest BCUT2D eigenvalue weighted by Gasteiger charge is -2.48. The highest BCUT2D eigenvalue weighted by atomic mass is 16.5. The quantitative estimate of drug-likeness (QED) is 0.727. The Bertz CT molecular complexity index is 228. The van der Waals surface area contributed by atoms with Crippen LogP contribution in [0.5, 0.6) is 0 Å². The van der Waals surface area contributed by atoms with Crippen molar-refractivity contribution in [2.45, 2.75) is 63.5 Å². The first kappa shape index (κ1) is 13.3. The first-order valence-corrected chi connectivity index (χ1v) is 7.23. The molecule has 0 aromatic carbocycles. The van der Waals surface area contributed by atoms with Crippen LogP contribution in [0.15, 0.2) is 0 Å². The molecule has 1 aliphatic carbocycles. The third-order valence-corrected chi connectivity index (χ3v) is 4.43. The monoisotopic (exact) mass is 241 g/mol. The molecule has 2 unspecified atom stereocenters. The Balaban J connectivity index is 1.69. The number of ether oxygens (including phenoxy) is 2. The van der Waals surface area contributed by atoms with E-state index in [9.17, 15) is 0 Å². The molecule has 0 aromatic rings. The smallest absolute Gasteiger partial charge is 0.0685 e. The molecule has 0 radical (unpaired) electrons. The molecule has 2 N–H and O–H groups in total. The van der Waals surface area contributed by atoms with Gasteiger partial charge < -0.3 is 15.2 Å². The molecule has 17 heavy (non-hydrogen) atoms. The van der Waals surface area contributed by atoms with Gasteiger partial charge in [-0.2, -0.15) is 0 Å². The van der Waals surface area contributed by atoms with E-state index in [-0.39, 0.29) is 5.60 Å². The van der Waals surface area contributed by atoms with Gasteiger partial charge in [0, 0.05) is 25.9 Å². The molecule has 1 saturated heterocycles. The lowest BCUT2D eigenvalue weighted by atomic mass is 9.70. The highest BCUT2D eigenvalue weighted by Crippen LogP contribution is 2.45. The van der Waals surface area contributed by atoms with Gasteiger partial charge in [-0.25, -0.2) is 0 Å². The van der Waals surface area contributed by atoms with Crippen molar-refractivity contribution in [1.29, 1.82) is 0 Å². The fourth-order valence-electron chi connectivity index (χ4n) is 3.15. The van der Waals surface area contributed by atoms with Gasteiger partial charge in [0.2, 0.25) is 0 Å². The Hall–Kier alpha value is -0.120. The Labute approximate surface area is 105 Å². The maximum atomic E-state index is 6.32. The molecule has 0 bridgehead atoms. The Morgan fingerprint density at radius 2 is 2.29 bits per heavy atom. The normalized spacial score (nSPS) is 28.9. The van der Waals surface area contributed by atoms with Crippen LogP contribution in [-0.4, -0.2) is 31.5 Å². The first-order valence-electron chi connectivity index (χ1n) is 7.23. The van der Waals surface area contributed by atoms with Gasteiger partial charge in [0.05, 0.1) is 5.60 Å². The predicted octanol–water partition coefficient (Wildman–Crippen LogP) is 2.48. The predicted molar refractivity (Wildman–Crippen MR) is 69.0 cm³/mol. The lowest BCUT2D eigenvalue weighted by Crippen LogP contribution is -2.49. The fourth-order valence-corrected chi connectivity index (χ4v) is 3.15. The van der Waals surface area contributed by atoms with Crippen LogP contribution in [0, 0.1) is 5.92 Å². The Morgan fingerprint density at radius 3 is 2.94 bits per heavy atom. The van der Waals surface area contributed by atoms with Gasteiger partial charge in [0.25, 0.3) is 0 Å². The van der Waals surface area contributed by atoms with E-state index in [1.54, 1.807) is 0 Å². The molecule has 3 nitrogen and oxygen atoms in total. The maximum Gasteiger partial charge on any atom is 0.0685 e. The SMILES string of the molecule is CCOCCCC(N)C1CCOC2(CCC2)C1. The zero-order chi connectivity index (χ0) is 12.1. The summed E-state index contributed by atoms with van der Waals surface area (Å²) in [5.41, 5.74) is 6.56. The minimum absolute atomic E-state index is 0.237. The average Bonchev–Trinajstić information content (AvgIpc) is 2.32. The summed E-state index contributed by atoms with van der Waals surface area (Å²) < 4.78 is 11.3. The van der Waals surface area contributed by atoms with Crippen molar-refractivity contribution in [1.82, 2.24) is 0 Å². The summed E-state index contributed by atoms with van der Waals surface area (Å²) in [6.07, 6.45) is 8.40. The standard InChI is InChI=1S/C14H27NO2/c1-2-16-9-3-5-13(15)12-6-10-17-14(11-12)7-4-8-14/h12-13H,2-11,15H2,1H3. The topological polar surface area (TPSA) is 44.5 Å². The number of hydrogen-bond donors (Lipinski definition) is 1. The van der Waals surface area contributed by atoms with Crippen LogP contribution >= 0.6 is 0 Å². The van der Waals surface area contributed by atoms with E-state index in [1.807, 2.05) is 6.92 Å². The lowest BCUT2D eigenvalue weighted by molar-refractivity contribution is -0.146. The summed E-state index contributed by atoms with van der Waals surface area (Å²) >= 11 is 0. The van der Waals surface area contributed by atoms with Crippen LogP contribution in [0.2, 0.25) is 0 Å². The van der Waals surface area contributed by atoms with Crippen LogP contribution in [0.1, 0.15) is 51.9 Å². The molecule has 0 amide bonds. The van der Waals surface area contributed by atoms with E-state index in [0.29, 0.717) is 12.0 Å². The third kappa shape index (κ3) is 3.43. The maximum absolute atomic E-state index is 6.32. The van der Waals surface area contributed by atoms with Crippen molar-refractivity contribution in [3.63, 3.8) is 0 Å². The molecule has 2 rings (SSSR count). The fraction of sp³-hybridized carbons (Fsp3) is 1.00. The van der Waals surface area contributed by atoms with Crippen LogP contribution in [0.4, 0.5) is 0 Å². The first-order chi connectivity index (χ1) is 8.26. The molecular weight excluding hydrogens is 214 g/mol. The molecule has 0 aromatic heterocycles. The van der Waals surface area contributed by atoms with Gasteiger partial charge >= 0.3 is 0 Å². The Kier molecular flexibility index (Phi) is 4.83. The summed E-state index contributed by atoms with van der Waals surface area (Å²) in [5, 5.41) is 0. The number of hydrogen-bond acceptors (Lipinski definition) is 3. The molecule has 100 valence electrons. The van der Waals surface area contributed by atoms with Crippen molar-refractivity contribution in [3.05, 3.63) is 0 Å². The molecule has 3 heteroatoms. The molecule has 1 spiro atoms. The minimum Gasteiger partial charge on any atom is -0.382 e. The van der Waals surface area contributed by atoms with Gasteiger partial charge in [0.15, 0.2) is 0 Å². The zero-order valence-electron chi connectivity index (χ0n) is 11.1. The number of nitrogens with two attached hydrogens (primary N) is 1. The van der Waals surface area contributed by atoms with E-state index in [0.717, 1.165) is 39.1 Å². The molecule has 1 heterocycles. The second-order valence-corrected chi connectivity index (χ2v) is 5.64. The van der Waals surface area contributed by atoms with Crippen LogP contribution in [0.3, 0.4) is 0 Å². The van der Waals surface area contributed by atoms with Crippen LogP contribution in [0.25, 0.3) is 0 Å². The molecule has 2 aliphatic rings. The second-order valence-electron chi connectivity index (χ2n) is 5.64.